The highest BCUT2D eigenvalue weighted by atomic mass is 32.2. The Morgan fingerprint density at radius 1 is 1.00 bits per heavy atom. The van der Waals surface area contributed by atoms with Crippen molar-refractivity contribution in [1.82, 2.24) is 4.31 Å². The average Bonchev–Trinajstić information content (AvgIpc) is 2.82. The van der Waals surface area contributed by atoms with Gasteiger partial charge in [0.1, 0.15) is 0 Å². The second kappa shape index (κ2) is 6.98. The summed E-state index contributed by atoms with van der Waals surface area (Å²) in [7, 11) is -3.47. The van der Waals surface area contributed by atoms with Gasteiger partial charge in [0.25, 0.3) is 0 Å². The topological polar surface area (TPSA) is 37.4 Å². The van der Waals surface area contributed by atoms with Gasteiger partial charge in [-0.05, 0) is 69.0 Å². The first kappa shape index (κ1) is 17.6. The smallest absolute Gasteiger partial charge is 0.207 e. The molecule has 1 aromatic heterocycles. The lowest BCUT2D eigenvalue weighted by Crippen LogP contribution is -2.34. The van der Waals surface area contributed by atoms with Crippen molar-refractivity contribution < 1.29 is 8.42 Å². The number of benzene rings is 1. The maximum Gasteiger partial charge on any atom is 0.243 e. The molecule has 1 atom stereocenters. The van der Waals surface area contributed by atoms with Gasteiger partial charge in [-0.25, -0.2) is 8.42 Å². The Kier molecular flexibility index (Phi) is 5.13. The fraction of sp³-hybridized carbons (Fsp3) is 0.474. The summed E-state index contributed by atoms with van der Waals surface area (Å²) < 4.78 is 28.4. The summed E-state index contributed by atoms with van der Waals surface area (Å²) in [5, 5.41) is 0. The van der Waals surface area contributed by atoms with E-state index in [9.17, 15) is 8.42 Å². The van der Waals surface area contributed by atoms with E-state index in [0.29, 0.717) is 11.4 Å². The summed E-state index contributed by atoms with van der Waals surface area (Å²) in [6.45, 7) is 6.66. The van der Waals surface area contributed by atoms with E-state index in [4.69, 9.17) is 0 Å². The minimum Gasteiger partial charge on any atom is -0.207 e. The molecule has 2 aromatic rings. The Hall–Kier alpha value is -1.17. The number of aryl methyl sites for hydroxylation is 3. The van der Waals surface area contributed by atoms with Crippen LogP contribution in [0.3, 0.4) is 0 Å². The average molecular weight is 364 g/mol. The van der Waals surface area contributed by atoms with Gasteiger partial charge in [-0.3, -0.25) is 0 Å². The third-order valence-corrected chi connectivity index (χ3v) is 7.88. The maximum atomic E-state index is 13.3. The van der Waals surface area contributed by atoms with Crippen LogP contribution >= 0.6 is 11.3 Å². The quantitative estimate of drug-likeness (QED) is 0.771. The van der Waals surface area contributed by atoms with Crippen molar-refractivity contribution in [2.75, 3.05) is 6.54 Å². The molecule has 0 spiro atoms. The highest BCUT2D eigenvalue weighted by Crippen LogP contribution is 2.37. The van der Waals surface area contributed by atoms with Gasteiger partial charge in [-0.15, -0.1) is 11.3 Å². The van der Waals surface area contributed by atoms with Gasteiger partial charge in [0.2, 0.25) is 10.0 Å². The van der Waals surface area contributed by atoms with Crippen molar-refractivity contribution in [2.45, 2.75) is 57.4 Å². The van der Waals surface area contributed by atoms with Crippen molar-refractivity contribution >= 4 is 21.4 Å². The summed E-state index contributed by atoms with van der Waals surface area (Å²) in [6.07, 6.45) is 4.02. The molecule has 3 rings (SSSR count). The molecule has 0 radical (unpaired) electrons. The molecule has 0 N–H and O–H groups in total. The highest BCUT2D eigenvalue weighted by molar-refractivity contribution is 7.89. The fourth-order valence-corrected chi connectivity index (χ4v) is 6.15. The lowest BCUT2D eigenvalue weighted by molar-refractivity contribution is 0.333. The lowest BCUT2D eigenvalue weighted by Gasteiger charge is -2.28. The van der Waals surface area contributed by atoms with E-state index < -0.39 is 10.0 Å². The number of thiophene rings is 1. The second-order valence-electron chi connectivity index (χ2n) is 6.68. The molecule has 2 heterocycles. The number of rotatable bonds is 3. The Morgan fingerprint density at radius 2 is 1.79 bits per heavy atom. The molecule has 1 aromatic carbocycles. The third kappa shape index (κ3) is 3.44. The zero-order chi connectivity index (χ0) is 17.3. The van der Waals surface area contributed by atoms with Crippen LogP contribution in [0.1, 0.15) is 52.6 Å². The van der Waals surface area contributed by atoms with Crippen LogP contribution in [0.5, 0.6) is 0 Å². The van der Waals surface area contributed by atoms with Crippen LogP contribution in [-0.2, 0) is 10.0 Å². The molecule has 0 saturated carbocycles. The largest absolute Gasteiger partial charge is 0.243 e. The van der Waals surface area contributed by atoms with Gasteiger partial charge in [0.15, 0.2) is 0 Å². The zero-order valence-corrected chi connectivity index (χ0v) is 16.2. The molecule has 1 aliphatic rings. The minimum absolute atomic E-state index is 0.0298. The molecule has 1 fully saturated rings. The normalized spacial score (nSPS) is 20.0. The third-order valence-electron chi connectivity index (χ3n) is 4.88. The van der Waals surface area contributed by atoms with Crippen LogP contribution in [-0.4, -0.2) is 19.3 Å². The molecule has 0 amide bonds. The van der Waals surface area contributed by atoms with Crippen molar-refractivity contribution in [3.05, 3.63) is 51.2 Å². The van der Waals surface area contributed by atoms with Crippen molar-refractivity contribution in [1.29, 1.82) is 0 Å². The van der Waals surface area contributed by atoms with E-state index in [-0.39, 0.29) is 6.04 Å². The van der Waals surface area contributed by atoms with E-state index in [1.54, 1.807) is 21.7 Å². The van der Waals surface area contributed by atoms with Gasteiger partial charge in [0, 0.05) is 16.3 Å². The molecule has 3 nitrogen and oxygen atoms in total. The van der Waals surface area contributed by atoms with Crippen molar-refractivity contribution in [3.63, 3.8) is 0 Å². The summed E-state index contributed by atoms with van der Waals surface area (Å²) in [6, 6.07) is 9.62. The van der Waals surface area contributed by atoms with Gasteiger partial charge in [-0.1, -0.05) is 18.9 Å². The number of nitrogens with zero attached hydrogens (tertiary/aromatic N) is 1. The number of hydrogen-bond acceptors (Lipinski definition) is 3. The molecule has 1 aliphatic heterocycles. The summed E-state index contributed by atoms with van der Waals surface area (Å²) >= 11 is 1.72. The maximum absolute atomic E-state index is 13.3. The first-order valence-electron chi connectivity index (χ1n) is 8.55. The van der Waals surface area contributed by atoms with Crippen LogP contribution in [0.15, 0.2) is 35.2 Å². The van der Waals surface area contributed by atoms with Crippen LogP contribution < -0.4 is 0 Å². The Bertz CT molecular complexity index is 824. The lowest BCUT2D eigenvalue weighted by atomic mass is 10.1. The molecule has 130 valence electrons. The summed E-state index contributed by atoms with van der Waals surface area (Å²) in [4.78, 5) is 2.82. The van der Waals surface area contributed by atoms with E-state index in [1.165, 1.54) is 9.75 Å². The Labute approximate surface area is 149 Å². The van der Waals surface area contributed by atoms with E-state index in [2.05, 4.69) is 19.1 Å². The van der Waals surface area contributed by atoms with Crippen molar-refractivity contribution in [2.24, 2.45) is 0 Å². The van der Waals surface area contributed by atoms with Crippen LogP contribution in [0.2, 0.25) is 0 Å². The predicted molar refractivity (Wildman–Crippen MR) is 100 cm³/mol. The monoisotopic (exact) mass is 363 g/mol. The SMILES string of the molecule is Cc1ccc([C@H]2CCCCCN2S(=O)(=O)c2ccc(C)c(C)c2)s1. The molecule has 1 saturated heterocycles. The first-order valence-corrected chi connectivity index (χ1v) is 10.8. The first-order chi connectivity index (χ1) is 11.4. The van der Waals surface area contributed by atoms with Crippen LogP contribution in [0.25, 0.3) is 0 Å². The predicted octanol–water partition coefficient (Wildman–Crippen LogP) is 4.98. The number of hydrogen-bond donors (Lipinski definition) is 0. The standard InChI is InChI=1S/C19H25NO2S2/c1-14-8-10-17(13-15(14)2)24(21,22)20-12-6-4-5-7-18(20)19-11-9-16(3)23-19/h8-11,13,18H,4-7,12H2,1-3H3/t18-/m1/s1. The van der Waals surface area contributed by atoms with Gasteiger partial charge < -0.3 is 0 Å². The molecule has 0 aliphatic carbocycles. The fourth-order valence-electron chi connectivity index (χ4n) is 3.30. The van der Waals surface area contributed by atoms with E-state index in [1.807, 2.05) is 26.0 Å². The van der Waals surface area contributed by atoms with E-state index >= 15 is 0 Å². The molecule has 5 heteroatoms. The Balaban J connectivity index is 2.02. The molecular formula is C19H25NO2S2. The van der Waals surface area contributed by atoms with E-state index in [0.717, 1.165) is 36.8 Å². The van der Waals surface area contributed by atoms with Crippen LogP contribution in [0.4, 0.5) is 0 Å². The number of sulfonamides is 1. The van der Waals surface area contributed by atoms with Gasteiger partial charge in [0.05, 0.1) is 10.9 Å². The molecule has 24 heavy (non-hydrogen) atoms. The zero-order valence-electron chi connectivity index (χ0n) is 14.6. The molecule has 0 unspecified atom stereocenters. The molecule has 0 bridgehead atoms. The second-order valence-corrected chi connectivity index (χ2v) is 9.89. The molecular weight excluding hydrogens is 338 g/mol. The summed E-state index contributed by atoms with van der Waals surface area (Å²) in [5.41, 5.74) is 2.14. The highest BCUT2D eigenvalue weighted by Gasteiger charge is 2.34. The minimum atomic E-state index is -3.47. The van der Waals surface area contributed by atoms with Crippen LogP contribution in [0, 0.1) is 20.8 Å². The summed E-state index contributed by atoms with van der Waals surface area (Å²) in [5.74, 6) is 0. The Morgan fingerprint density at radius 3 is 2.46 bits per heavy atom. The van der Waals surface area contributed by atoms with Gasteiger partial charge in [-0.2, -0.15) is 4.31 Å². The van der Waals surface area contributed by atoms with Crippen molar-refractivity contribution in [3.8, 4) is 0 Å². The van der Waals surface area contributed by atoms with Gasteiger partial charge >= 0.3 is 0 Å².